The molecule has 0 radical (unpaired) electrons. The van der Waals surface area contributed by atoms with Crippen LogP contribution < -0.4 is 11.1 Å². The van der Waals surface area contributed by atoms with Gasteiger partial charge in [-0.3, -0.25) is 9.59 Å². The van der Waals surface area contributed by atoms with E-state index >= 15 is 0 Å². The van der Waals surface area contributed by atoms with Gasteiger partial charge in [0, 0.05) is 11.8 Å². The molecule has 2 aromatic heterocycles. The van der Waals surface area contributed by atoms with E-state index < -0.39 is 23.6 Å². The topological polar surface area (TPSA) is 103 Å². The summed E-state index contributed by atoms with van der Waals surface area (Å²) in [7, 11) is 0. The summed E-state index contributed by atoms with van der Waals surface area (Å²) in [6.45, 7) is 3.11. The first-order valence-corrected chi connectivity index (χ1v) is 10.3. The zero-order valence-corrected chi connectivity index (χ0v) is 18.4. The molecule has 2 aromatic carbocycles. The number of alkyl halides is 3. The summed E-state index contributed by atoms with van der Waals surface area (Å²) in [5, 5.41) is 7.64. The minimum Gasteiger partial charge on any atom is -0.461 e. The zero-order valence-electron chi connectivity index (χ0n) is 18.4. The van der Waals surface area contributed by atoms with Crippen molar-refractivity contribution >= 4 is 22.8 Å². The fourth-order valence-electron chi connectivity index (χ4n) is 3.89. The maximum atomic E-state index is 13.0. The number of nitrogens with zero attached hydrogens (tertiary/aromatic N) is 2. The first kappa shape index (κ1) is 23.1. The number of carbonyl (C=O) groups is 2. The van der Waals surface area contributed by atoms with E-state index in [9.17, 15) is 22.8 Å². The molecule has 34 heavy (non-hydrogen) atoms. The Balaban J connectivity index is 1.69. The first-order chi connectivity index (χ1) is 16.0. The van der Waals surface area contributed by atoms with Crippen LogP contribution >= 0.6 is 0 Å². The van der Waals surface area contributed by atoms with Crippen molar-refractivity contribution in [3.63, 3.8) is 0 Å². The van der Waals surface area contributed by atoms with Gasteiger partial charge in [-0.25, -0.2) is 4.68 Å². The van der Waals surface area contributed by atoms with E-state index in [-0.39, 0.29) is 13.0 Å². The molecule has 0 atom stereocenters. The molecule has 0 bridgehead atoms. The van der Waals surface area contributed by atoms with Crippen molar-refractivity contribution in [2.45, 2.75) is 26.4 Å². The van der Waals surface area contributed by atoms with Crippen molar-refractivity contribution in [3.8, 4) is 5.69 Å². The van der Waals surface area contributed by atoms with Gasteiger partial charge >= 0.3 is 6.18 Å². The Hall–Kier alpha value is -4.08. The Kier molecular flexibility index (Phi) is 5.90. The van der Waals surface area contributed by atoms with Crippen molar-refractivity contribution in [2.75, 3.05) is 6.54 Å². The van der Waals surface area contributed by atoms with E-state index in [4.69, 9.17) is 10.2 Å². The van der Waals surface area contributed by atoms with Crippen LogP contribution in [-0.2, 0) is 17.4 Å². The zero-order chi connectivity index (χ0) is 24.6. The number of aryl methyl sites for hydroxylation is 1. The third-order valence-electron chi connectivity index (χ3n) is 5.39. The molecule has 0 unspecified atom stereocenters. The summed E-state index contributed by atoms with van der Waals surface area (Å²) in [6, 6.07) is 12.2. The number of primary amides is 1. The van der Waals surface area contributed by atoms with Gasteiger partial charge in [-0.15, -0.1) is 0 Å². The van der Waals surface area contributed by atoms with Crippen LogP contribution in [0.1, 0.15) is 38.6 Å². The highest BCUT2D eigenvalue weighted by molar-refractivity contribution is 5.98. The third-order valence-corrected chi connectivity index (χ3v) is 5.39. The van der Waals surface area contributed by atoms with Gasteiger partial charge in [0.2, 0.25) is 5.91 Å². The molecule has 2 amide bonds. The molecule has 10 heteroatoms. The Bertz CT molecular complexity index is 1400. The summed E-state index contributed by atoms with van der Waals surface area (Å²) >= 11 is 0. The highest BCUT2D eigenvalue weighted by atomic mass is 19.4. The van der Waals surface area contributed by atoms with Crippen LogP contribution in [0.5, 0.6) is 0 Å². The van der Waals surface area contributed by atoms with Gasteiger partial charge in [-0.05, 0) is 43.7 Å². The highest BCUT2D eigenvalue weighted by Gasteiger charge is 2.30. The molecular weight excluding hydrogens is 449 g/mol. The van der Waals surface area contributed by atoms with Gasteiger partial charge in [-0.1, -0.05) is 24.3 Å². The number of furan rings is 1. The number of carbonyl (C=O) groups excluding carboxylic acids is 2. The van der Waals surface area contributed by atoms with Gasteiger partial charge < -0.3 is 15.5 Å². The van der Waals surface area contributed by atoms with Crippen LogP contribution in [0.15, 0.2) is 52.9 Å². The lowest BCUT2D eigenvalue weighted by molar-refractivity contribution is -0.137. The number of rotatable bonds is 6. The number of benzene rings is 2. The molecule has 176 valence electrons. The maximum Gasteiger partial charge on any atom is 0.416 e. The van der Waals surface area contributed by atoms with E-state index in [2.05, 4.69) is 10.4 Å². The number of amides is 2. The van der Waals surface area contributed by atoms with Gasteiger partial charge in [0.05, 0.1) is 34.7 Å². The fraction of sp³-hybridized carbons (Fsp3) is 0.208. The number of hydrogen-bond acceptors (Lipinski definition) is 4. The van der Waals surface area contributed by atoms with Crippen molar-refractivity contribution < 1.29 is 27.2 Å². The summed E-state index contributed by atoms with van der Waals surface area (Å²) < 4.78 is 46.6. The second-order valence-corrected chi connectivity index (χ2v) is 7.88. The standard InChI is InChI=1S/C24H21F3N4O3/c1-13-22(23(33)29-12-21(28)32)14(2)31(30-13)19-7-4-8-20-18(19)11-17(34-20)10-15-5-3-6-16(9-15)24(25,26)27/h3-9,11H,10,12H2,1-2H3,(H2,28,32)(H,29,33). The lowest BCUT2D eigenvalue weighted by Crippen LogP contribution is -2.33. The van der Waals surface area contributed by atoms with E-state index in [1.807, 2.05) is 0 Å². The highest BCUT2D eigenvalue weighted by Crippen LogP contribution is 2.32. The Morgan fingerprint density at radius 3 is 2.56 bits per heavy atom. The number of nitrogens with one attached hydrogen (secondary N) is 1. The smallest absolute Gasteiger partial charge is 0.416 e. The van der Waals surface area contributed by atoms with Crippen LogP contribution in [0.25, 0.3) is 16.7 Å². The summed E-state index contributed by atoms with van der Waals surface area (Å²) in [5.74, 6) is -0.639. The van der Waals surface area contributed by atoms with E-state index in [1.54, 1.807) is 48.9 Å². The lowest BCUT2D eigenvalue weighted by atomic mass is 10.1. The number of fused-ring (bicyclic) bond motifs is 1. The number of halogens is 3. The fourth-order valence-corrected chi connectivity index (χ4v) is 3.89. The maximum absolute atomic E-state index is 13.0. The van der Waals surface area contributed by atoms with Crippen LogP contribution in [0, 0.1) is 13.8 Å². The monoisotopic (exact) mass is 470 g/mol. The van der Waals surface area contributed by atoms with Crippen molar-refractivity contribution in [2.24, 2.45) is 5.73 Å². The number of aromatic nitrogens is 2. The summed E-state index contributed by atoms with van der Waals surface area (Å²) in [6.07, 6.45) is -4.25. The molecule has 0 saturated heterocycles. The van der Waals surface area contributed by atoms with Crippen molar-refractivity contribution in [1.29, 1.82) is 0 Å². The largest absolute Gasteiger partial charge is 0.461 e. The SMILES string of the molecule is Cc1nn(-c2cccc3oc(Cc4cccc(C(F)(F)F)c4)cc23)c(C)c1C(=O)NCC(N)=O. The Labute approximate surface area is 192 Å². The van der Waals surface area contributed by atoms with Gasteiger partial charge in [-0.2, -0.15) is 18.3 Å². The van der Waals surface area contributed by atoms with Crippen LogP contribution in [-0.4, -0.2) is 28.1 Å². The van der Waals surface area contributed by atoms with E-state index in [0.29, 0.717) is 44.9 Å². The molecule has 4 rings (SSSR count). The summed E-state index contributed by atoms with van der Waals surface area (Å²) in [4.78, 5) is 23.5. The normalized spacial score (nSPS) is 11.7. The molecule has 7 nitrogen and oxygen atoms in total. The predicted octanol–water partition coefficient (Wildman–Crippen LogP) is 4.06. The molecular formula is C24H21F3N4O3. The van der Waals surface area contributed by atoms with Crippen molar-refractivity contribution in [3.05, 3.63) is 82.4 Å². The molecule has 0 aliphatic rings. The van der Waals surface area contributed by atoms with Crippen molar-refractivity contribution in [1.82, 2.24) is 15.1 Å². The Morgan fingerprint density at radius 2 is 1.85 bits per heavy atom. The van der Waals surface area contributed by atoms with Gasteiger partial charge in [0.25, 0.3) is 5.91 Å². The molecule has 0 aliphatic heterocycles. The molecule has 0 spiro atoms. The average molecular weight is 470 g/mol. The van der Waals surface area contributed by atoms with Gasteiger partial charge in [0.1, 0.15) is 11.3 Å². The molecule has 0 saturated carbocycles. The predicted molar refractivity (Wildman–Crippen MR) is 119 cm³/mol. The molecule has 0 aliphatic carbocycles. The summed E-state index contributed by atoms with van der Waals surface area (Å²) in [5.41, 5.74) is 7.37. The quantitative estimate of drug-likeness (QED) is 0.444. The number of hydrogen-bond donors (Lipinski definition) is 2. The Morgan fingerprint density at radius 1 is 1.12 bits per heavy atom. The second-order valence-electron chi connectivity index (χ2n) is 7.88. The minimum absolute atomic E-state index is 0.177. The average Bonchev–Trinajstić information content (AvgIpc) is 3.31. The van der Waals surface area contributed by atoms with E-state index in [0.717, 1.165) is 12.1 Å². The second kappa shape index (κ2) is 8.69. The van der Waals surface area contributed by atoms with Crippen LogP contribution in [0.2, 0.25) is 0 Å². The van der Waals surface area contributed by atoms with Gasteiger partial charge in [0.15, 0.2) is 0 Å². The minimum atomic E-state index is -4.42. The van der Waals surface area contributed by atoms with Crippen LogP contribution in [0.3, 0.4) is 0 Å². The first-order valence-electron chi connectivity index (χ1n) is 10.3. The third kappa shape index (κ3) is 4.52. The molecule has 0 fully saturated rings. The lowest BCUT2D eigenvalue weighted by Gasteiger charge is -2.07. The molecule has 3 N–H and O–H groups in total. The van der Waals surface area contributed by atoms with E-state index in [1.165, 1.54) is 6.07 Å². The molecule has 2 heterocycles. The van der Waals surface area contributed by atoms with Crippen LogP contribution in [0.4, 0.5) is 13.2 Å². The molecule has 4 aromatic rings. The number of nitrogens with two attached hydrogens (primary N) is 1.